The lowest BCUT2D eigenvalue weighted by Gasteiger charge is -2.59. The number of rotatable bonds is 6. The Morgan fingerprint density at radius 1 is 1.00 bits per heavy atom. The molecule has 11 atom stereocenters. The summed E-state index contributed by atoms with van der Waals surface area (Å²) in [5.41, 5.74) is 0.432. The molecule has 310 valence electrons. The lowest BCUT2D eigenvalue weighted by Crippen LogP contribution is -2.74. The maximum Gasteiger partial charge on any atom is 0.367 e. The number of fused-ring (bicyclic) bond motifs is 11. The van der Waals surface area contributed by atoms with Crippen molar-refractivity contribution in [3.63, 3.8) is 0 Å². The molecule has 1 spiro atoms. The van der Waals surface area contributed by atoms with Crippen LogP contribution in [0, 0.1) is 17.7 Å². The van der Waals surface area contributed by atoms with Crippen LogP contribution in [-0.4, -0.2) is 87.0 Å². The molecule has 3 unspecified atom stereocenters. The minimum Gasteiger partial charge on any atom is -0.451 e. The molecule has 2 amide bonds. The average Bonchev–Trinajstić information content (AvgIpc) is 3.73. The number of carbonyl (C=O) groups excluding carboxylic acids is 3. The lowest BCUT2D eigenvalue weighted by atomic mass is 9.47. The second kappa shape index (κ2) is 14.2. The van der Waals surface area contributed by atoms with Crippen LogP contribution >= 0.6 is 83.0 Å². The number of nitrogens with one attached hydrogen (secondary N) is 2. The van der Waals surface area contributed by atoms with Gasteiger partial charge in [-0.3, -0.25) is 9.59 Å². The number of carbonyl (C=O) groups is 3. The first kappa shape index (κ1) is 41.7. The molecule has 0 radical (unpaired) electrons. The van der Waals surface area contributed by atoms with Gasteiger partial charge < -0.3 is 25.2 Å². The molecule has 3 bridgehead atoms. The Morgan fingerprint density at radius 3 is 2.47 bits per heavy atom. The van der Waals surface area contributed by atoms with Gasteiger partial charge >= 0.3 is 5.30 Å². The number of amides is 2. The smallest absolute Gasteiger partial charge is 0.367 e. The quantitative estimate of drug-likeness (QED) is 0.0968. The summed E-state index contributed by atoms with van der Waals surface area (Å²) >= 11 is 24.8. The lowest BCUT2D eigenvalue weighted by molar-refractivity contribution is -0.142. The predicted molar refractivity (Wildman–Crippen MR) is 249 cm³/mol. The summed E-state index contributed by atoms with van der Waals surface area (Å²) in [6.07, 6.45) is 2.36. The summed E-state index contributed by atoms with van der Waals surface area (Å²) in [5.74, 6) is -0.611. The molecular formula is C42H49FN4O4S7. The first-order valence-corrected chi connectivity index (χ1v) is 25.2. The standard InChI is InChI=1S/C42H49FN4O4S7/c1-6-11-22-19-38(54,7-2)34(48)47-33-39(21-41(47,55)31(22)53,26-18-24(43)15-16-28(26)45-33)42-25-12-9-10-13-27(25)44-29(42)17-14-23-20-40(32(42)51-36(50)56-8-3)35(49)46(5)37(4,30(23)52)57-58-40/h9-10,12-13,15-16,18,22-23,29,32-33,44-45,54-55H,6-8,11,14,17,19-21H2,1-5H3/t22?,23?,29?,32-,33-,37+,38-,39+,40+,41+,42+/m1/s1. The number of nitrogens with zero attached hydrogens (tertiary/aromatic N) is 2. The van der Waals surface area contributed by atoms with Crippen molar-refractivity contribution >= 4 is 121 Å². The molecule has 7 aliphatic heterocycles. The maximum absolute atomic E-state index is 16.2. The Bertz CT molecular complexity index is 2170. The Morgan fingerprint density at radius 2 is 1.74 bits per heavy atom. The molecule has 5 saturated heterocycles. The fraction of sp³-hybridized carbons (Fsp3) is 0.595. The van der Waals surface area contributed by atoms with E-state index in [-0.39, 0.29) is 30.1 Å². The van der Waals surface area contributed by atoms with E-state index < -0.39 is 59.5 Å². The van der Waals surface area contributed by atoms with Gasteiger partial charge in [0.1, 0.15) is 32.6 Å². The predicted octanol–water partition coefficient (Wildman–Crippen LogP) is 9.42. The number of ether oxygens (including phenoxy) is 1. The molecule has 2 aromatic carbocycles. The minimum atomic E-state index is -1.34. The number of thioether (sulfide) groups is 1. The number of benzene rings is 2. The zero-order valence-electron chi connectivity index (χ0n) is 33.1. The molecule has 6 fully saturated rings. The third-order valence-corrected chi connectivity index (χ3v) is 22.2. The van der Waals surface area contributed by atoms with Gasteiger partial charge in [-0.1, -0.05) is 91.4 Å². The van der Waals surface area contributed by atoms with Gasteiger partial charge in [0, 0.05) is 39.9 Å². The van der Waals surface area contributed by atoms with E-state index in [0.717, 1.165) is 40.7 Å². The van der Waals surface area contributed by atoms with E-state index in [2.05, 4.69) is 23.6 Å². The number of anilines is 2. The third kappa shape index (κ3) is 5.20. The van der Waals surface area contributed by atoms with Crippen LogP contribution in [-0.2, 0) is 25.2 Å². The van der Waals surface area contributed by atoms with Crippen LogP contribution in [0.5, 0.6) is 0 Å². The molecule has 1 aliphatic carbocycles. The van der Waals surface area contributed by atoms with Gasteiger partial charge in [-0.15, -0.1) is 12.6 Å². The molecule has 2 aromatic rings. The first-order valence-electron chi connectivity index (χ1n) is 20.3. The SMILES string of the molecule is CCCC1C[C@](S)(CC)C(=O)N2[C@H]3Nc4ccc(F)cc4[C@@]3([C@@]34c5ccccc5NC3CCC3C[C@]5(SS[C@@](C)(C3=S)N(C)C5=O)[C@H]4OC(=O)SCC)C[C@]2(S)C1=S. The highest BCUT2D eigenvalue weighted by Gasteiger charge is 2.82. The molecule has 1 saturated carbocycles. The number of halogens is 1. The molecule has 16 heteroatoms. The van der Waals surface area contributed by atoms with E-state index in [1.165, 1.54) is 16.9 Å². The van der Waals surface area contributed by atoms with E-state index in [1.807, 2.05) is 50.9 Å². The van der Waals surface area contributed by atoms with Crippen LogP contribution in [0.1, 0.15) is 90.2 Å². The molecule has 0 aromatic heterocycles. The van der Waals surface area contributed by atoms with E-state index in [1.54, 1.807) is 27.8 Å². The largest absolute Gasteiger partial charge is 0.451 e. The second-order valence-electron chi connectivity index (χ2n) is 17.4. The molecule has 8 aliphatic rings. The van der Waals surface area contributed by atoms with Crippen molar-refractivity contribution in [3.8, 4) is 0 Å². The third-order valence-electron chi connectivity index (χ3n) is 14.7. The van der Waals surface area contributed by atoms with Crippen molar-refractivity contribution in [1.29, 1.82) is 0 Å². The first-order chi connectivity index (χ1) is 27.5. The van der Waals surface area contributed by atoms with Crippen LogP contribution in [0.3, 0.4) is 0 Å². The molecule has 10 rings (SSSR count). The zero-order chi connectivity index (χ0) is 41.4. The summed E-state index contributed by atoms with van der Waals surface area (Å²) in [6.45, 7) is 8.03. The van der Waals surface area contributed by atoms with Gasteiger partial charge in [-0.2, -0.15) is 12.6 Å². The Balaban J connectivity index is 1.43. The molecule has 58 heavy (non-hydrogen) atoms. The number of thiol groups is 2. The van der Waals surface area contributed by atoms with Gasteiger partial charge in [0.25, 0.3) is 0 Å². The summed E-state index contributed by atoms with van der Waals surface area (Å²) < 4.78 is 20.9. The van der Waals surface area contributed by atoms with Crippen LogP contribution in [0.4, 0.5) is 20.6 Å². The van der Waals surface area contributed by atoms with Crippen LogP contribution in [0.2, 0.25) is 0 Å². The topological polar surface area (TPSA) is 91.0 Å². The summed E-state index contributed by atoms with van der Waals surface area (Å²) in [6, 6.07) is 12.3. The van der Waals surface area contributed by atoms with Crippen LogP contribution in [0.15, 0.2) is 42.5 Å². The monoisotopic (exact) mass is 916 g/mol. The molecular weight excluding hydrogens is 868 g/mol. The van der Waals surface area contributed by atoms with E-state index in [9.17, 15) is 4.79 Å². The highest BCUT2D eigenvalue weighted by atomic mass is 33.1. The fourth-order valence-electron chi connectivity index (χ4n) is 12.1. The van der Waals surface area contributed by atoms with Gasteiger partial charge in [-0.25, -0.2) is 9.18 Å². The van der Waals surface area contributed by atoms with Crippen molar-refractivity contribution in [2.75, 3.05) is 23.4 Å². The van der Waals surface area contributed by atoms with Crippen molar-refractivity contribution in [2.24, 2.45) is 11.8 Å². The summed E-state index contributed by atoms with van der Waals surface area (Å²) in [7, 11) is 4.84. The Kier molecular flexibility index (Phi) is 10.2. The van der Waals surface area contributed by atoms with Crippen molar-refractivity contribution < 1.29 is 23.5 Å². The maximum atomic E-state index is 16.2. The van der Waals surface area contributed by atoms with Crippen LogP contribution in [0.25, 0.3) is 0 Å². The van der Waals surface area contributed by atoms with Gasteiger partial charge in [0.2, 0.25) is 11.8 Å². The zero-order valence-corrected chi connectivity index (χ0v) is 39.0. The van der Waals surface area contributed by atoms with Gasteiger partial charge in [-0.05, 0) is 111 Å². The number of para-hydroxylation sites is 1. The van der Waals surface area contributed by atoms with E-state index in [4.69, 9.17) is 54.4 Å². The summed E-state index contributed by atoms with van der Waals surface area (Å²) in [4.78, 5) is 48.8. The van der Waals surface area contributed by atoms with Gasteiger partial charge in [0.15, 0.2) is 0 Å². The van der Waals surface area contributed by atoms with Gasteiger partial charge in [0.05, 0.1) is 15.6 Å². The average molecular weight is 917 g/mol. The van der Waals surface area contributed by atoms with Crippen molar-refractivity contribution in [3.05, 3.63) is 59.4 Å². The Labute approximate surface area is 374 Å². The number of hydrogen-bond donors (Lipinski definition) is 4. The number of thiocarbonyl (C=S) groups is 2. The molecule has 7 heterocycles. The molecule has 8 nitrogen and oxygen atoms in total. The summed E-state index contributed by atoms with van der Waals surface area (Å²) in [5, 5.41) is 7.22. The van der Waals surface area contributed by atoms with E-state index in [0.29, 0.717) is 54.0 Å². The second-order valence-corrected chi connectivity index (χ2v) is 23.9. The Hall–Kier alpha value is -1.69. The van der Waals surface area contributed by atoms with E-state index >= 15 is 14.0 Å². The van der Waals surface area contributed by atoms with Crippen LogP contribution < -0.4 is 10.6 Å². The molecule has 2 N–H and O–H groups in total. The highest BCUT2D eigenvalue weighted by Crippen LogP contribution is 2.74. The number of hydrogen-bond acceptors (Lipinski definition) is 13. The minimum absolute atomic E-state index is 0.132. The van der Waals surface area contributed by atoms with Crippen molar-refractivity contribution in [2.45, 2.75) is 127 Å². The fourth-order valence-corrected chi connectivity index (χ4v) is 18.3. The normalized spacial score (nSPS) is 40.9. The van der Waals surface area contributed by atoms with Crippen molar-refractivity contribution in [1.82, 2.24) is 9.80 Å². The highest BCUT2D eigenvalue weighted by molar-refractivity contribution is 8.78.